The van der Waals surface area contributed by atoms with E-state index in [1.54, 1.807) is 0 Å². The van der Waals surface area contributed by atoms with Crippen LogP contribution in [0, 0.1) is 0 Å². The van der Waals surface area contributed by atoms with Crippen molar-refractivity contribution in [3.63, 3.8) is 0 Å². The Hall–Kier alpha value is -2.91. The average Bonchev–Trinajstić information content (AvgIpc) is 2.73. The van der Waals surface area contributed by atoms with Crippen LogP contribution in [0.15, 0.2) is 84.9 Å². The van der Waals surface area contributed by atoms with Crippen molar-refractivity contribution < 1.29 is 9.53 Å². The van der Waals surface area contributed by atoms with Gasteiger partial charge in [0.15, 0.2) is 0 Å². The third-order valence-corrected chi connectivity index (χ3v) is 5.51. The molecule has 0 bridgehead atoms. The summed E-state index contributed by atoms with van der Waals surface area (Å²) < 4.78 is 5.93. The van der Waals surface area contributed by atoms with Gasteiger partial charge in [0.25, 0.3) is 0 Å². The molecule has 1 heterocycles. The monoisotopic (exact) mass is 399 g/mol. The summed E-state index contributed by atoms with van der Waals surface area (Å²) in [6.07, 6.45) is 0. The lowest BCUT2D eigenvalue weighted by Crippen LogP contribution is -2.50. The molecule has 1 aliphatic rings. The molecule has 0 saturated heterocycles. The molecule has 0 amide bonds. The zero-order valence-electron chi connectivity index (χ0n) is 17.9. The average molecular weight is 400 g/mol. The van der Waals surface area contributed by atoms with Crippen LogP contribution in [0.4, 0.5) is 0 Å². The second-order valence-corrected chi connectivity index (χ2v) is 8.96. The molecule has 3 aromatic rings. The van der Waals surface area contributed by atoms with Gasteiger partial charge in [-0.2, -0.15) is 0 Å². The highest BCUT2D eigenvalue weighted by Crippen LogP contribution is 2.39. The van der Waals surface area contributed by atoms with Crippen molar-refractivity contribution in [3.05, 3.63) is 107 Å². The Balaban J connectivity index is 1.81. The van der Waals surface area contributed by atoms with Gasteiger partial charge in [-0.05, 0) is 43.0 Å². The maximum absolute atomic E-state index is 13.5. The first kappa shape index (κ1) is 20.4. The molecule has 0 aliphatic carbocycles. The Labute approximate surface area is 179 Å². The van der Waals surface area contributed by atoms with Crippen molar-refractivity contribution >= 4 is 5.97 Å². The van der Waals surface area contributed by atoms with Crippen LogP contribution in [0.5, 0.6) is 0 Å². The summed E-state index contributed by atoms with van der Waals surface area (Å²) in [5.41, 5.74) is 4.27. The van der Waals surface area contributed by atoms with Crippen LogP contribution < -0.4 is 0 Å². The first-order valence-corrected chi connectivity index (χ1v) is 10.6. The van der Waals surface area contributed by atoms with Gasteiger partial charge < -0.3 is 4.74 Å². The fourth-order valence-electron chi connectivity index (χ4n) is 4.32. The van der Waals surface area contributed by atoms with Crippen LogP contribution in [0.25, 0.3) is 0 Å². The van der Waals surface area contributed by atoms with Gasteiger partial charge in [0.05, 0.1) is 0 Å². The topological polar surface area (TPSA) is 29.5 Å². The molecular formula is C27H29NO2. The number of carbonyl (C=O) groups is 1. The highest BCUT2D eigenvalue weighted by molar-refractivity contribution is 5.79. The summed E-state index contributed by atoms with van der Waals surface area (Å²) >= 11 is 0. The third kappa shape index (κ3) is 4.47. The number of fused-ring (bicyclic) bond motifs is 1. The molecule has 0 radical (unpaired) electrons. The van der Waals surface area contributed by atoms with E-state index in [0.29, 0.717) is 6.54 Å². The number of benzene rings is 3. The number of nitrogens with zero attached hydrogens (tertiary/aromatic N) is 1. The van der Waals surface area contributed by atoms with Crippen LogP contribution >= 0.6 is 0 Å². The Morgan fingerprint density at radius 1 is 0.900 bits per heavy atom. The lowest BCUT2D eigenvalue weighted by atomic mass is 9.78. The summed E-state index contributed by atoms with van der Waals surface area (Å²) in [4.78, 5) is 15.8. The summed E-state index contributed by atoms with van der Waals surface area (Å²) in [6, 6.07) is 28.8. The lowest BCUT2D eigenvalue weighted by molar-refractivity contribution is -0.163. The number of ether oxygens (including phenoxy) is 1. The fourth-order valence-corrected chi connectivity index (χ4v) is 4.32. The standard InChI is InChI=1S/C27H29NO2/c1-27(2,3)30-26(29)25-24(21-14-8-5-9-15-21)23-17-11-10-16-22(23)19-28(25)18-20-12-6-4-7-13-20/h4-17,24-25H,18-19H2,1-3H3/t24-,25-/m0/s1. The molecule has 0 unspecified atom stereocenters. The minimum Gasteiger partial charge on any atom is -0.459 e. The molecule has 2 atom stereocenters. The summed E-state index contributed by atoms with van der Waals surface area (Å²) in [6.45, 7) is 7.21. The largest absolute Gasteiger partial charge is 0.459 e. The van der Waals surface area contributed by atoms with Crippen molar-refractivity contribution in [2.45, 2.75) is 51.4 Å². The molecule has 4 rings (SSSR count). The molecule has 154 valence electrons. The second kappa shape index (κ2) is 8.45. The smallest absolute Gasteiger partial charge is 0.324 e. The van der Waals surface area contributed by atoms with Crippen LogP contribution in [-0.2, 0) is 22.6 Å². The van der Waals surface area contributed by atoms with E-state index < -0.39 is 5.60 Å². The maximum Gasteiger partial charge on any atom is 0.324 e. The van der Waals surface area contributed by atoms with E-state index in [1.807, 2.05) is 57.2 Å². The SMILES string of the molecule is CC(C)(C)OC(=O)[C@@H]1[C@@H](c2ccccc2)c2ccccc2CN1Cc1ccccc1. The van der Waals surface area contributed by atoms with Gasteiger partial charge in [-0.15, -0.1) is 0 Å². The zero-order chi connectivity index (χ0) is 21.1. The maximum atomic E-state index is 13.5. The van der Waals surface area contributed by atoms with Gasteiger partial charge in [-0.3, -0.25) is 9.69 Å². The molecule has 3 nitrogen and oxygen atoms in total. The molecule has 3 aromatic carbocycles. The Bertz CT molecular complexity index is 992. The quantitative estimate of drug-likeness (QED) is 0.539. The molecule has 0 aromatic heterocycles. The van der Waals surface area contributed by atoms with Gasteiger partial charge in [0.2, 0.25) is 0 Å². The van der Waals surface area contributed by atoms with E-state index in [-0.39, 0.29) is 17.9 Å². The van der Waals surface area contributed by atoms with Gasteiger partial charge in [0.1, 0.15) is 11.6 Å². The molecule has 0 N–H and O–H groups in total. The normalized spacial score (nSPS) is 19.2. The van der Waals surface area contributed by atoms with E-state index >= 15 is 0 Å². The molecule has 0 fully saturated rings. The van der Waals surface area contributed by atoms with E-state index in [0.717, 1.165) is 12.1 Å². The van der Waals surface area contributed by atoms with E-state index in [9.17, 15) is 4.79 Å². The Morgan fingerprint density at radius 3 is 2.17 bits per heavy atom. The molecule has 30 heavy (non-hydrogen) atoms. The first-order valence-electron chi connectivity index (χ1n) is 10.6. The second-order valence-electron chi connectivity index (χ2n) is 8.96. The summed E-state index contributed by atoms with van der Waals surface area (Å²) in [5.74, 6) is -0.239. The van der Waals surface area contributed by atoms with Crippen molar-refractivity contribution in [2.24, 2.45) is 0 Å². The van der Waals surface area contributed by atoms with E-state index in [2.05, 4.69) is 53.4 Å². The van der Waals surface area contributed by atoms with Gasteiger partial charge in [-0.1, -0.05) is 84.9 Å². The zero-order valence-corrected chi connectivity index (χ0v) is 17.9. The Morgan fingerprint density at radius 2 is 1.50 bits per heavy atom. The lowest BCUT2D eigenvalue weighted by Gasteiger charge is -2.42. The highest BCUT2D eigenvalue weighted by Gasteiger charge is 2.42. The van der Waals surface area contributed by atoms with Crippen LogP contribution in [0.2, 0.25) is 0 Å². The molecule has 3 heteroatoms. The van der Waals surface area contributed by atoms with Crippen molar-refractivity contribution in [3.8, 4) is 0 Å². The number of hydrogen-bond acceptors (Lipinski definition) is 3. The minimum atomic E-state index is -0.534. The van der Waals surface area contributed by atoms with E-state index in [1.165, 1.54) is 16.7 Å². The summed E-state index contributed by atoms with van der Waals surface area (Å²) in [5, 5.41) is 0. The predicted octanol–water partition coefficient (Wildman–Crippen LogP) is 5.54. The van der Waals surface area contributed by atoms with Gasteiger partial charge in [0, 0.05) is 19.0 Å². The van der Waals surface area contributed by atoms with Gasteiger partial charge >= 0.3 is 5.97 Å². The summed E-state index contributed by atoms with van der Waals surface area (Å²) in [7, 11) is 0. The molecule has 0 saturated carbocycles. The molecule has 0 spiro atoms. The molecular weight excluding hydrogens is 370 g/mol. The predicted molar refractivity (Wildman–Crippen MR) is 120 cm³/mol. The fraction of sp³-hybridized carbons (Fsp3) is 0.296. The number of rotatable bonds is 4. The van der Waals surface area contributed by atoms with Crippen LogP contribution in [0.1, 0.15) is 48.9 Å². The van der Waals surface area contributed by atoms with E-state index in [4.69, 9.17) is 4.74 Å². The van der Waals surface area contributed by atoms with Crippen molar-refractivity contribution in [1.29, 1.82) is 0 Å². The first-order chi connectivity index (χ1) is 14.4. The van der Waals surface area contributed by atoms with Crippen molar-refractivity contribution in [1.82, 2.24) is 4.90 Å². The van der Waals surface area contributed by atoms with Crippen molar-refractivity contribution in [2.75, 3.05) is 0 Å². The minimum absolute atomic E-state index is 0.0743. The Kier molecular flexibility index (Phi) is 5.74. The number of carbonyl (C=O) groups excluding carboxylic acids is 1. The third-order valence-electron chi connectivity index (χ3n) is 5.51. The highest BCUT2D eigenvalue weighted by atomic mass is 16.6. The van der Waals surface area contributed by atoms with Crippen LogP contribution in [-0.4, -0.2) is 22.5 Å². The van der Waals surface area contributed by atoms with Crippen LogP contribution in [0.3, 0.4) is 0 Å². The van der Waals surface area contributed by atoms with Gasteiger partial charge in [-0.25, -0.2) is 0 Å². The number of hydrogen-bond donors (Lipinski definition) is 0. The molecule has 1 aliphatic heterocycles. The number of esters is 1.